The van der Waals surface area contributed by atoms with Crippen molar-refractivity contribution < 1.29 is 14.4 Å². The number of hydrogen-bond acceptors (Lipinski definition) is 6. The van der Waals surface area contributed by atoms with E-state index in [1.165, 1.54) is 43.2 Å². The summed E-state index contributed by atoms with van der Waals surface area (Å²) in [6.45, 7) is 1.52. The van der Waals surface area contributed by atoms with E-state index in [9.17, 15) is 14.4 Å². The monoisotopic (exact) mass is 575 g/mol. The Morgan fingerprint density at radius 1 is 1.00 bits per heavy atom. The third kappa shape index (κ3) is 7.49. The number of amides is 1. The number of thioether (sulfide) groups is 1. The maximum atomic E-state index is 11.9. The number of carbonyl (C=O) groups excluding carboxylic acids is 3. The molecule has 0 saturated heterocycles. The maximum Gasteiger partial charge on any atom is 0.219 e. The van der Waals surface area contributed by atoms with Crippen LogP contribution < -0.4 is 10.6 Å². The number of benzene rings is 2. The molecule has 220 valence electrons. The molecule has 1 atom stereocenters. The van der Waals surface area contributed by atoms with Gasteiger partial charge in [-0.1, -0.05) is 36.4 Å². The summed E-state index contributed by atoms with van der Waals surface area (Å²) < 4.78 is 0. The highest BCUT2D eigenvalue weighted by molar-refractivity contribution is 7.98. The second kappa shape index (κ2) is 14.1. The van der Waals surface area contributed by atoms with Crippen molar-refractivity contribution >= 4 is 30.2 Å². The molecule has 4 aliphatic rings. The van der Waals surface area contributed by atoms with Gasteiger partial charge in [-0.3, -0.25) is 14.5 Å². The van der Waals surface area contributed by atoms with E-state index in [-0.39, 0.29) is 12.3 Å². The first kappa shape index (κ1) is 30.0. The standard InChI is InChI=1S/C34H45N3O3S/c1-35-33(40)11-10-30(21-39)37(2)19-31-27(20-38)4-3-5-32(31)41-22-24-8-6-23(7-9-24)12-13-36-34-28-15-25-14-26(17-28)18-29(34)16-25/h3-9,20-21,25-26,28-30,34,36H,10-19,22H2,1-2H3,(H,35,40). The van der Waals surface area contributed by atoms with Gasteiger partial charge in [-0.15, -0.1) is 11.8 Å². The number of nitrogens with one attached hydrogen (secondary N) is 2. The van der Waals surface area contributed by atoms with Gasteiger partial charge in [0.2, 0.25) is 5.91 Å². The van der Waals surface area contributed by atoms with E-state index in [1.54, 1.807) is 18.8 Å². The van der Waals surface area contributed by atoms with Crippen molar-refractivity contribution in [2.24, 2.45) is 23.7 Å². The van der Waals surface area contributed by atoms with Crippen LogP contribution in [0.2, 0.25) is 0 Å². The van der Waals surface area contributed by atoms with Crippen LogP contribution in [0.4, 0.5) is 0 Å². The van der Waals surface area contributed by atoms with Crippen molar-refractivity contribution in [1.29, 1.82) is 0 Å². The molecule has 0 heterocycles. The molecular weight excluding hydrogens is 530 g/mol. The zero-order valence-electron chi connectivity index (χ0n) is 24.5. The van der Waals surface area contributed by atoms with Crippen molar-refractivity contribution in [1.82, 2.24) is 15.5 Å². The predicted octanol–water partition coefficient (Wildman–Crippen LogP) is 5.27. The van der Waals surface area contributed by atoms with Gasteiger partial charge in [0.15, 0.2) is 0 Å². The second-order valence-corrected chi connectivity index (χ2v) is 13.6. The minimum Gasteiger partial charge on any atom is -0.359 e. The summed E-state index contributed by atoms with van der Waals surface area (Å²) in [7, 11) is 3.47. The fourth-order valence-corrected chi connectivity index (χ4v) is 8.81. The molecule has 4 fully saturated rings. The van der Waals surface area contributed by atoms with Crippen LogP contribution in [0.25, 0.3) is 0 Å². The number of carbonyl (C=O) groups is 3. The summed E-state index contributed by atoms with van der Waals surface area (Å²) in [5.74, 6) is 4.60. The van der Waals surface area contributed by atoms with Crippen LogP contribution in [0.3, 0.4) is 0 Å². The van der Waals surface area contributed by atoms with Gasteiger partial charge in [0.05, 0.1) is 6.04 Å². The first-order valence-corrected chi connectivity index (χ1v) is 16.3. The zero-order chi connectivity index (χ0) is 28.8. The predicted molar refractivity (Wildman–Crippen MR) is 165 cm³/mol. The van der Waals surface area contributed by atoms with Gasteiger partial charge < -0.3 is 15.4 Å². The van der Waals surface area contributed by atoms with Gasteiger partial charge in [-0.2, -0.15) is 0 Å². The first-order chi connectivity index (χ1) is 20.0. The van der Waals surface area contributed by atoms with Gasteiger partial charge in [0, 0.05) is 42.3 Å². The van der Waals surface area contributed by atoms with Crippen molar-refractivity contribution in [2.75, 3.05) is 20.6 Å². The van der Waals surface area contributed by atoms with Crippen molar-refractivity contribution in [3.05, 3.63) is 64.7 Å². The van der Waals surface area contributed by atoms with E-state index < -0.39 is 6.04 Å². The molecule has 0 radical (unpaired) electrons. The van der Waals surface area contributed by atoms with E-state index in [0.717, 1.165) is 71.5 Å². The van der Waals surface area contributed by atoms with Crippen LogP contribution in [0.1, 0.15) is 72.0 Å². The summed E-state index contributed by atoms with van der Waals surface area (Å²) in [5, 5.41) is 6.56. The van der Waals surface area contributed by atoms with Gasteiger partial charge in [-0.05, 0) is 105 Å². The summed E-state index contributed by atoms with van der Waals surface area (Å²) in [4.78, 5) is 38.3. The Bertz CT molecular complexity index is 1170. The molecule has 1 amide bonds. The first-order valence-electron chi connectivity index (χ1n) is 15.3. The Labute approximate surface area is 249 Å². The van der Waals surface area contributed by atoms with E-state index in [4.69, 9.17) is 0 Å². The normalized spacial score (nSPS) is 25.3. The van der Waals surface area contributed by atoms with Crippen LogP contribution in [-0.2, 0) is 28.3 Å². The molecule has 41 heavy (non-hydrogen) atoms. The van der Waals surface area contributed by atoms with Gasteiger partial charge >= 0.3 is 0 Å². The summed E-state index contributed by atoms with van der Waals surface area (Å²) in [6, 6.07) is 15.1. The van der Waals surface area contributed by atoms with E-state index in [1.807, 2.05) is 30.1 Å². The van der Waals surface area contributed by atoms with Crippen LogP contribution in [0, 0.1) is 23.7 Å². The van der Waals surface area contributed by atoms with Crippen LogP contribution in [-0.4, -0.2) is 56.1 Å². The summed E-state index contributed by atoms with van der Waals surface area (Å²) in [5.41, 5.74) is 4.19. The third-order valence-electron chi connectivity index (χ3n) is 9.81. The maximum absolute atomic E-state index is 11.9. The lowest BCUT2D eigenvalue weighted by atomic mass is 9.54. The molecule has 0 aromatic heterocycles. The summed E-state index contributed by atoms with van der Waals surface area (Å²) >= 11 is 1.72. The highest BCUT2D eigenvalue weighted by Gasteiger charge is 2.47. The molecule has 7 heteroatoms. The van der Waals surface area contributed by atoms with Crippen molar-refractivity contribution in [3.8, 4) is 0 Å². The molecule has 4 aliphatic carbocycles. The largest absolute Gasteiger partial charge is 0.359 e. The Hall–Kier alpha value is -2.48. The van der Waals surface area contributed by atoms with Gasteiger partial charge in [-0.25, -0.2) is 0 Å². The number of hydrogen-bond donors (Lipinski definition) is 2. The molecule has 4 bridgehead atoms. The average molecular weight is 576 g/mol. The molecular formula is C34H45N3O3S. The van der Waals surface area contributed by atoms with E-state index in [0.29, 0.717) is 18.5 Å². The quantitative estimate of drug-likeness (QED) is 0.222. The zero-order valence-corrected chi connectivity index (χ0v) is 25.3. The number of nitrogens with zero attached hydrogens (tertiary/aromatic N) is 1. The number of rotatable bonds is 15. The molecule has 6 rings (SSSR count). The molecule has 1 unspecified atom stereocenters. The molecule has 6 nitrogen and oxygen atoms in total. The Morgan fingerprint density at radius 3 is 2.32 bits per heavy atom. The van der Waals surface area contributed by atoms with Gasteiger partial charge in [0.25, 0.3) is 0 Å². The molecule has 0 aliphatic heterocycles. The number of aldehydes is 2. The summed E-state index contributed by atoms with van der Waals surface area (Å²) in [6.07, 6.45) is 10.9. The lowest BCUT2D eigenvalue weighted by molar-refractivity contribution is -0.121. The van der Waals surface area contributed by atoms with Crippen LogP contribution >= 0.6 is 11.8 Å². The minimum absolute atomic E-state index is 0.0835. The SMILES string of the molecule is CNC(=O)CCC(C=O)N(C)Cc1c(C=O)cccc1SCc1ccc(CCNC2C3CC4CC(C3)CC2C4)cc1. The molecule has 2 N–H and O–H groups in total. The number of likely N-dealkylation sites (N-methyl/N-ethyl adjacent to an activating group) is 1. The lowest BCUT2D eigenvalue weighted by Gasteiger charge is -2.54. The second-order valence-electron chi connectivity index (χ2n) is 12.5. The molecule has 2 aromatic rings. The highest BCUT2D eigenvalue weighted by atomic mass is 32.2. The minimum atomic E-state index is -0.393. The topological polar surface area (TPSA) is 78.5 Å². The molecule has 4 saturated carbocycles. The van der Waals surface area contributed by atoms with Gasteiger partial charge in [0.1, 0.15) is 12.6 Å². The third-order valence-corrected chi connectivity index (χ3v) is 11.0. The van der Waals surface area contributed by atoms with Crippen molar-refractivity contribution in [3.63, 3.8) is 0 Å². The Kier molecular flexibility index (Phi) is 10.3. The molecule has 2 aromatic carbocycles. The average Bonchev–Trinajstić information content (AvgIpc) is 2.98. The highest BCUT2D eigenvalue weighted by Crippen LogP contribution is 2.53. The van der Waals surface area contributed by atoms with E-state index in [2.05, 4.69) is 34.9 Å². The fraction of sp³-hybridized carbons (Fsp3) is 0.559. The fourth-order valence-electron chi connectivity index (χ4n) is 7.77. The lowest BCUT2D eigenvalue weighted by Crippen LogP contribution is -2.54. The molecule has 0 spiro atoms. The van der Waals surface area contributed by atoms with Crippen molar-refractivity contribution in [2.45, 2.75) is 80.6 Å². The smallest absolute Gasteiger partial charge is 0.219 e. The van der Waals surface area contributed by atoms with E-state index >= 15 is 0 Å². The van der Waals surface area contributed by atoms with Crippen LogP contribution in [0.5, 0.6) is 0 Å². The Morgan fingerprint density at radius 2 is 1.68 bits per heavy atom. The van der Waals surface area contributed by atoms with Crippen LogP contribution in [0.15, 0.2) is 47.4 Å². The Balaban J connectivity index is 1.13.